The number of aryl methyl sites for hydroxylation is 1. The molecule has 0 N–H and O–H groups in total. The molecular formula is C37H38N8O3. The minimum absolute atomic E-state index is 0.125. The number of benzene rings is 2. The number of hydrogen-bond acceptors (Lipinski definition) is 8. The summed E-state index contributed by atoms with van der Waals surface area (Å²) < 4.78 is 6.91. The van der Waals surface area contributed by atoms with Crippen LogP contribution >= 0.6 is 0 Å². The van der Waals surface area contributed by atoms with Crippen LogP contribution in [0.4, 0.5) is 5.69 Å². The number of nitrogens with zero attached hydrogens (tertiary/aromatic N) is 8. The topological polar surface area (TPSA) is 109 Å². The summed E-state index contributed by atoms with van der Waals surface area (Å²) in [6.07, 6.45) is 8.03. The summed E-state index contributed by atoms with van der Waals surface area (Å²) >= 11 is 0. The number of carbonyl (C=O) groups excluding carboxylic acids is 2. The molecule has 1 spiro atoms. The second-order valence-corrected chi connectivity index (χ2v) is 13.2. The number of rotatable bonds is 7. The third-order valence-corrected chi connectivity index (χ3v) is 10.3. The Morgan fingerprint density at radius 2 is 1.77 bits per heavy atom. The summed E-state index contributed by atoms with van der Waals surface area (Å²) in [4.78, 5) is 46.9. The van der Waals surface area contributed by atoms with Crippen molar-refractivity contribution in [1.29, 1.82) is 0 Å². The van der Waals surface area contributed by atoms with Crippen molar-refractivity contribution >= 4 is 28.8 Å². The minimum Gasteiger partial charge on any atom is -0.481 e. The van der Waals surface area contributed by atoms with Crippen molar-refractivity contribution in [1.82, 2.24) is 29.5 Å². The molecule has 48 heavy (non-hydrogen) atoms. The lowest BCUT2D eigenvalue weighted by molar-refractivity contribution is -0.132. The van der Waals surface area contributed by atoms with Crippen LogP contribution in [0.1, 0.15) is 41.5 Å². The fourth-order valence-electron chi connectivity index (χ4n) is 7.52. The fourth-order valence-corrected chi connectivity index (χ4v) is 7.52. The van der Waals surface area contributed by atoms with E-state index < -0.39 is 5.41 Å². The number of amides is 2. The van der Waals surface area contributed by atoms with E-state index in [0.717, 1.165) is 65.0 Å². The molecule has 2 saturated heterocycles. The Labute approximate surface area is 279 Å². The van der Waals surface area contributed by atoms with E-state index in [0.29, 0.717) is 51.0 Å². The van der Waals surface area contributed by atoms with E-state index in [-0.39, 0.29) is 11.8 Å². The van der Waals surface area contributed by atoms with Crippen LogP contribution in [-0.4, -0.2) is 93.5 Å². The zero-order valence-electron chi connectivity index (χ0n) is 27.3. The summed E-state index contributed by atoms with van der Waals surface area (Å²) in [7, 11) is 3.46. The van der Waals surface area contributed by atoms with Crippen molar-refractivity contribution in [3.63, 3.8) is 0 Å². The van der Waals surface area contributed by atoms with Crippen LogP contribution in [0.15, 0.2) is 78.2 Å². The first-order valence-corrected chi connectivity index (χ1v) is 16.5. The molecule has 8 rings (SSSR count). The van der Waals surface area contributed by atoms with Gasteiger partial charge in [0.15, 0.2) is 5.82 Å². The highest BCUT2D eigenvalue weighted by atomic mass is 16.5. The fraction of sp³-hybridized carbons (Fsp3) is 0.351. The molecule has 0 unspecified atom stereocenters. The number of ether oxygens (including phenoxy) is 1. The van der Waals surface area contributed by atoms with Gasteiger partial charge in [0.2, 0.25) is 17.7 Å². The normalized spacial score (nSPS) is 20.8. The van der Waals surface area contributed by atoms with E-state index >= 15 is 0 Å². The van der Waals surface area contributed by atoms with Crippen LogP contribution < -0.4 is 9.64 Å². The number of fused-ring (bicyclic) bond motifs is 1. The van der Waals surface area contributed by atoms with E-state index in [1.54, 1.807) is 24.3 Å². The molecule has 0 aliphatic carbocycles. The highest BCUT2D eigenvalue weighted by molar-refractivity contribution is 6.16. The van der Waals surface area contributed by atoms with Crippen molar-refractivity contribution in [3.8, 4) is 17.3 Å². The molecule has 4 aliphatic rings. The second-order valence-electron chi connectivity index (χ2n) is 13.2. The maximum Gasteiger partial charge on any atom is 0.237 e. The van der Waals surface area contributed by atoms with Crippen molar-refractivity contribution < 1.29 is 14.3 Å². The molecule has 11 heteroatoms. The SMILES string of the molecule is COc1ccc(C2=NCc3ccc(N4CC[C@]5(CCN(CC(=O)N6CC=C(c7ccc(-c8ncn(C)n8)cc7)CC6)C5)C4=O)cc32)cn1. The lowest BCUT2D eigenvalue weighted by atomic mass is 9.85. The maximum atomic E-state index is 14.0. The van der Waals surface area contributed by atoms with Crippen molar-refractivity contribution in [3.05, 3.63) is 95.5 Å². The summed E-state index contributed by atoms with van der Waals surface area (Å²) in [5, 5.41) is 4.38. The first kappa shape index (κ1) is 30.2. The molecular weight excluding hydrogens is 604 g/mol. The first-order valence-electron chi connectivity index (χ1n) is 16.5. The van der Waals surface area contributed by atoms with Crippen molar-refractivity contribution in [2.75, 3.05) is 51.3 Å². The number of aromatic nitrogens is 4. The Hall–Kier alpha value is -5.16. The van der Waals surface area contributed by atoms with Gasteiger partial charge in [-0.2, -0.15) is 5.10 Å². The van der Waals surface area contributed by atoms with Gasteiger partial charge >= 0.3 is 0 Å². The van der Waals surface area contributed by atoms with Gasteiger partial charge in [-0.15, -0.1) is 0 Å². The van der Waals surface area contributed by atoms with Crippen LogP contribution in [0.25, 0.3) is 17.0 Å². The Morgan fingerprint density at radius 1 is 0.958 bits per heavy atom. The smallest absolute Gasteiger partial charge is 0.237 e. The lowest BCUT2D eigenvalue weighted by Gasteiger charge is -2.29. The van der Waals surface area contributed by atoms with Crippen LogP contribution in [-0.2, 0) is 23.2 Å². The molecule has 1 atom stereocenters. The molecule has 0 radical (unpaired) electrons. The van der Waals surface area contributed by atoms with Gasteiger partial charge in [-0.25, -0.2) is 9.97 Å². The standard InChI is InChI=1S/C37H38N8O3/c1-42-24-40-35(41-42)27-5-3-25(4-6-27)26-11-15-44(16-12-26)33(46)22-43-17-13-37(23-43)14-18-45(36(37)47)30-9-7-28-20-39-34(31(28)19-30)29-8-10-32(48-2)38-21-29/h3-11,19,21,24H,12-18,20,22-23H2,1-2H3/t37-/m0/s1. The van der Waals surface area contributed by atoms with E-state index in [4.69, 9.17) is 9.73 Å². The van der Waals surface area contributed by atoms with Crippen molar-refractivity contribution in [2.24, 2.45) is 17.5 Å². The molecule has 244 valence electrons. The van der Waals surface area contributed by atoms with Gasteiger partial charge in [0, 0.05) is 67.9 Å². The molecule has 2 amide bonds. The summed E-state index contributed by atoms with van der Waals surface area (Å²) in [6.45, 7) is 4.30. The van der Waals surface area contributed by atoms with Gasteiger partial charge in [-0.3, -0.25) is 24.2 Å². The molecule has 11 nitrogen and oxygen atoms in total. The summed E-state index contributed by atoms with van der Waals surface area (Å²) in [5.41, 5.74) is 7.88. The Kier molecular flexibility index (Phi) is 7.63. The number of carbonyl (C=O) groups is 2. The quantitative estimate of drug-likeness (QED) is 0.300. The zero-order valence-corrected chi connectivity index (χ0v) is 27.3. The van der Waals surface area contributed by atoms with E-state index in [1.165, 1.54) is 5.57 Å². The zero-order chi connectivity index (χ0) is 32.8. The molecule has 2 aromatic heterocycles. The monoisotopic (exact) mass is 642 g/mol. The predicted octanol–water partition coefficient (Wildman–Crippen LogP) is 3.98. The Bertz CT molecular complexity index is 1950. The number of pyridine rings is 1. The van der Waals surface area contributed by atoms with E-state index in [9.17, 15) is 9.59 Å². The van der Waals surface area contributed by atoms with Gasteiger partial charge in [-0.05, 0) is 60.7 Å². The number of aliphatic imine (C=N–C) groups is 1. The van der Waals surface area contributed by atoms with Crippen molar-refractivity contribution in [2.45, 2.75) is 25.8 Å². The third-order valence-electron chi connectivity index (χ3n) is 10.3. The summed E-state index contributed by atoms with van der Waals surface area (Å²) in [6, 6.07) is 18.3. The maximum absolute atomic E-state index is 14.0. The molecule has 6 heterocycles. The Balaban J connectivity index is 0.881. The molecule has 2 aromatic carbocycles. The largest absolute Gasteiger partial charge is 0.481 e. The average molecular weight is 643 g/mol. The number of hydrogen-bond donors (Lipinski definition) is 0. The average Bonchev–Trinajstić information content (AvgIpc) is 3.92. The second kappa shape index (κ2) is 12.1. The van der Waals surface area contributed by atoms with E-state index in [1.807, 2.05) is 47.2 Å². The third kappa shape index (κ3) is 5.47. The van der Waals surface area contributed by atoms with Gasteiger partial charge in [0.05, 0.1) is 31.3 Å². The number of anilines is 1. The summed E-state index contributed by atoms with van der Waals surface area (Å²) in [5.74, 6) is 1.56. The molecule has 2 fully saturated rings. The minimum atomic E-state index is -0.442. The van der Waals surface area contributed by atoms with Crippen LogP contribution in [0, 0.1) is 5.41 Å². The van der Waals surface area contributed by atoms with Gasteiger partial charge in [0.1, 0.15) is 6.33 Å². The highest BCUT2D eigenvalue weighted by Gasteiger charge is 2.51. The number of likely N-dealkylation sites (tertiary alicyclic amines) is 1. The Morgan fingerprint density at radius 3 is 2.50 bits per heavy atom. The first-order chi connectivity index (χ1) is 23.4. The van der Waals surface area contributed by atoms with E-state index in [2.05, 4.69) is 50.3 Å². The molecule has 4 aliphatic heterocycles. The molecule has 0 saturated carbocycles. The molecule has 4 aromatic rings. The molecule has 0 bridgehead atoms. The van der Waals surface area contributed by atoms with Crippen LogP contribution in [0.2, 0.25) is 0 Å². The van der Waals surface area contributed by atoms with Gasteiger partial charge in [0.25, 0.3) is 0 Å². The predicted molar refractivity (Wildman–Crippen MR) is 183 cm³/mol. The van der Waals surface area contributed by atoms with Gasteiger partial charge < -0.3 is 14.5 Å². The van der Waals surface area contributed by atoms with Crippen LogP contribution in [0.3, 0.4) is 0 Å². The highest BCUT2D eigenvalue weighted by Crippen LogP contribution is 2.43. The van der Waals surface area contributed by atoms with Crippen LogP contribution in [0.5, 0.6) is 5.88 Å². The lowest BCUT2D eigenvalue weighted by Crippen LogP contribution is -2.43. The number of methoxy groups -OCH3 is 1. The van der Waals surface area contributed by atoms with Gasteiger partial charge in [-0.1, -0.05) is 36.4 Å².